The normalized spacial score (nSPS) is 19.6. The van der Waals surface area contributed by atoms with E-state index < -0.39 is 0 Å². The highest BCUT2D eigenvalue weighted by Crippen LogP contribution is 2.29. The van der Waals surface area contributed by atoms with E-state index in [4.69, 9.17) is 5.10 Å². The van der Waals surface area contributed by atoms with Crippen LogP contribution in [0.2, 0.25) is 0 Å². The molecular weight excluding hydrogens is 342 g/mol. The van der Waals surface area contributed by atoms with Crippen LogP contribution in [0, 0.1) is 0 Å². The first kappa shape index (κ1) is 16.4. The number of fused-ring (bicyclic) bond motifs is 2. The molecular formula is C19H23N7O. The van der Waals surface area contributed by atoms with Gasteiger partial charge in [0.25, 0.3) is 5.56 Å². The van der Waals surface area contributed by atoms with E-state index in [9.17, 15) is 4.79 Å². The molecule has 0 saturated carbocycles. The fourth-order valence-electron chi connectivity index (χ4n) is 4.41. The van der Waals surface area contributed by atoms with Gasteiger partial charge in [0.05, 0.1) is 29.9 Å². The van der Waals surface area contributed by atoms with Crippen LogP contribution >= 0.6 is 0 Å². The molecule has 0 bridgehead atoms. The fraction of sp³-hybridized carbons (Fsp3) is 0.526. The van der Waals surface area contributed by atoms with E-state index in [0.29, 0.717) is 6.54 Å². The molecule has 3 aromatic heterocycles. The molecule has 1 aliphatic heterocycles. The van der Waals surface area contributed by atoms with Crippen LogP contribution in [0.25, 0.3) is 11.0 Å². The Labute approximate surface area is 156 Å². The van der Waals surface area contributed by atoms with E-state index in [1.165, 1.54) is 0 Å². The zero-order valence-corrected chi connectivity index (χ0v) is 15.5. The molecule has 8 nitrogen and oxygen atoms in total. The molecule has 8 heteroatoms. The van der Waals surface area contributed by atoms with Gasteiger partial charge in [0.15, 0.2) is 5.65 Å². The van der Waals surface area contributed by atoms with Crippen molar-refractivity contribution in [2.75, 3.05) is 11.4 Å². The molecule has 0 spiro atoms. The van der Waals surface area contributed by atoms with Gasteiger partial charge in [-0.25, -0.2) is 14.6 Å². The van der Waals surface area contributed by atoms with Crippen molar-refractivity contribution in [2.24, 2.45) is 7.05 Å². The van der Waals surface area contributed by atoms with Crippen molar-refractivity contribution in [3.63, 3.8) is 0 Å². The molecule has 1 saturated heterocycles. The van der Waals surface area contributed by atoms with Crippen LogP contribution in [0.1, 0.15) is 36.9 Å². The Morgan fingerprint density at radius 1 is 1.19 bits per heavy atom. The van der Waals surface area contributed by atoms with E-state index in [-0.39, 0.29) is 11.6 Å². The second kappa shape index (κ2) is 6.44. The standard InChI is InChI=1S/C19H23N7O/c1-24-18-15(10-22-24)19(21-12-20-18)25-8-4-6-14(25)11-26-17(27)9-13-5-2-3-7-16(13)23-26/h9-10,12,14H,2-8,11H2,1H3. The van der Waals surface area contributed by atoms with Gasteiger partial charge in [-0.2, -0.15) is 10.2 Å². The number of hydrogen-bond donors (Lipinski definition) is 0. The van der Waals surface area contributed by atoms with Gasteiger partial charge in [0.1, 0.15) is 12.1 Å². The Balaban J connectivity index is 1.48. The van der Waals surface area contributed by atoms with Gasteiger partial charge < -0.3 is 4.90 Å². The highest BCUT2D eigenvalue weighted by molar-refractivity contribution is 5.86. The Morgan fingerprint density at radius 2 is 2.07 bits per heavy atom. The van der Waals surface area contributed by atoms with Gasteiger partial charge in [0.2, 0.25) is 0 Å². The van der Waals surface area contributed by atoms with E-state index in [0.717, 1.165) is 73.2 Å². The van der Waals surface area contributed by atoms with Crippen LogP contribution in [-0.4, -0.2) is 42.1 Å². The largest absolute Gasteiger partial charge is 0.351 e. The maximum Gasteiger partial charge on any atom is 0.267 e. The number of anilines is 1. The summed E-state index contributed by atoms with van der Waals surface area (Å²) in [7, 11) is 1.89. The van der Waals surface area contributed by atoms with Gasteiger partial charge in [-0.1, -0.05) is 0 Å². The highest BCUT2D eigenvalue weighted by Gasteiger charge is 2.29. The molecule has 0 N–H and O–H groups in total. The van der Waals surface area contributed by atoms with E-state index >= 15 is 0 Å². The zero-order valence-electron chi connectivity index (χ0n) is 15.5. The lowest BCUT2D eigenvalue weighted by Crippen LogP contribution is -2.38. The average Bonchev–Trinajstić information content (AvgIpc) is 3.29. The lowest BCUT2D eigenvalue weighted by molar-refractivity contribution is 0.472. The van der Waals surface area contributed by atoms with E-state index in [1.54, 1.807) is 21.8 Å². The van der Waals surface area contributed by atoms with Crippen LogP contribution in [0.3, 0.4) is 0 Å². The third kappa shape index (κ3) is 2.79. The quantitative estimate of drug-likeness (QED) is 0.699. The van der Waals surface area contributed by atoms with Crippen molar-refractivity contribution in [1.29, 1.82) is 0 Å². The number of aromatic nitrogens is 6. The first-order valence-electron chi connectivity index (χ1n) is 9.70. The molecule has 27 heavy (non-hydrogen) atoms. The Morgan fingerprint density at radius 3 is 3.00 bits per heavy atom. The molecule has 2 aliphatic rings. The zero-order chi connectivity index (χ0) is 18.4. The molecule has 1 atom stereocenters. The number of rotatable bonds is 3. The third-order valence-electron chi connectivity index (χ3n) is 5.82. The van der Waals surface area contributed by atoms with Gasteiger partial charge >= 0.3 is 0 Å². The molecule has 0 amide bonds. The van der Waals surface area contributed by atoms with Crippen LogP contribution in [0.4, 0.5) is 5.82 Å². The van der Waals surface area contributed by atoms with Crippen molar-refractivity contribution in [1.82, 2.24) is 29.5 Å². The lowest BCUT2D eigenvalue weighted by Gasteiger charge is -2.26. The van der Waals surface area contributed by atoms with Crippen molar-refractivity contribution in [3.05, 3.63) is 40.2 Å². The van der Waals surface area contributed by atoms with Crippen LogP contribution in [0.15, 0.2) is 23.4 Å². The number of nitrogens with zero attached hydrogens (tertiary/aromatic N) is 7. The van der Waals surface area contributed by atoms with E-state index in [2.05, 4.69) is 20.0 Å². The molecule has 1 unspecified atom stereocenters. The average molecular weight is 365 g/mol. The summed E-state index contributed by atoms with van der Waals surface area (Å²) < 4.78 is 3.43. The minimum absolute atomic E-state index is 0.0108. The molecule has 1 aliphatic carbocycles. The third-order valence-corrected chi connectivity index (χ3v) is 5.82. The predicted octanol–water partition coefficient (Wildman–Crippen LogP) is 1.47. The minimum Gasteiger partial charge on any atom is -0.351 e. The first-order chi connectivity index (χ1) is 13.2. The fourth-order valence-corrected chi connectivity index (χ4v) is 4.41. The van der Waals surface area contributed by atoms with Crippen LogP contribution in [0.5, 0.6) is 0 Å². The molecule has 140 valence electrons. The van der Waals surface area contributed by atoms with Crippen LogP contribution < -0.4 is 10.5 Å². The van der Waals surface area contributed by atoms with Crippen molar-refractivity contribution < 1.29 is 0 Å². The Hall–Kier alpha value is -2.77. The molecule has 0 radical (unpaired) electrons. The van der Waals surface area contributed by atoms with Crippen molar-refractivity contribution in [3.8, 4) is 0 Å². The molecule has 5 rings (SSSR count). The van der Waals surface area contributed by atoms with E-state index in [1.807, 2.05) is 13.2 Å². The minimum atomic E-state index is 0.0108. The van der Waals surface area contributed by atoms with Gasteiger partial charge in [-0.05, 0) is 44.1 Å². The summed E-state index contributed by atoms with van der Waals surface area (Å²) >= 11 is 0. The number of aryl methyl sites for hydroxylation is 3. The molecule has 0 aromatic carbocycles. The highest BCUT2D eigenvalue weighted by atomic mass is 16.1. The first-order valence-corrected chi connectivity index (χ1v) is 9.70. The maximum absolute atomic E-state index is 12.6. The maximum atomic E-state index is 12.6. The van der Waals surface area contributed by atoms with Crippen molar-refractivity contribution in [2.45, 2.75) is 51.1 Å². The second-order valence-electron chi connectivity index (χ2n) is 7.54. The van der Waals surface area contributed by atoms with Gasteiger partial charge in [-0.3, -0.25) is 9.48 Å². The summed E-state index contributed by atoms with van der Waals surface area (Å²) in [5.41, 5.74) is 3.08. The smallest absolute Gasteiger partial charge is 0.267 e. The summed E-state index contributed by atoms with van der Waals surface area (Å²) in [6, 6.07) is 2.00. The summed E-state index contributed by atoms with van der Waals surface area (Å²) in [5.74, 6) is 0.904. The van der Waals surface area contributed by atoms with Gasteiger partial charge in [0, 0.05) is 19.7 Å². The SMILES string of the molecule is Cn1ncc2c(N3CCCC3Cn3nc4c(cc3=O)CCCC4)ncnc21. The predicted molar refractivity (Wildman–Crippen MR) is 102 cm³/mol. The summed E-state index contributed by atoms with van der Waals surface area (Å²) in [6.45, 7) is 1.52. The van der Waals surface area contributed by atoms with Crippen LogP contribution in [-0.2, 0) is 26.4 Å². The Kier molecular flexibility index (Phi) is 3.91. The molecule has 1 fully saturated rings. The lowest BCUT2D eigenvalue weighted by atomic mass is 9.97. The summed E-state index contributed by atoms with van der Waals surface area (Å²) in [4.78, 5) is 23.8. The monoisotopic (exact) mass is 365 g/mol. The van der Waals surface area contributed by atoms with Gasteiger partial charge in [-0.15, -0.1) is 0 Å². The molecule has 3 aromatic rings. The Bertz CT molecular complexity index is 1050. The van der Waals surface area contributed by atoms with Crippen molar-refractivity contribution >= 4 is 16.9 Å². The second-order valence-corrected chi connectivity index (χ2v) is 7.54. The number of hydrogen-bond acceptors (Lipinski definition) is 6. The molecule has 4 heterocycles. The summed E-state index contributed by atoms with van der Waals surface area (Å²) in [6.07, 6.45) is 9.80. The summed E-state index contributed by atoms with van der Waals surface area (Å²) in [5, 5.41) is 9.97. The topological polar surface area (TPSA) is 81.7 Å².